The first-order chi connectivity index (χ1) is 14.0. The van der Waals surface area contributed by atoms with Crippen molar-refractivity contribution in [1.29, 1.82) is 0 Å². The van der Waals surface area contributed by atoms with Crippen LogP contribution in [-0.2, 0) is 4.79 Å². The molecule has 4 rings (SSSR count). The number of aromatic nitrogens is 3. The van der Waals surface area contributed by atoms with Gasteiger partial charge in [-0.05, 0) is 13.0 Å². The summed E-state index contributed by atoms with van der Waals surface area (Å²) in [7, 11) is 1.43. The Morgan fingerprint density at radius 2 is 2.03 bits per heavy atom. The summed E-state index contributed by atoms with van der Waals surface area (Å²) >= 11 is 0. The zero-order valence-electron chi connectivity index (χ0n) is 16.2. The van der Waals surface area contributed by atoms with E-state index in [0.717, 1.165) is 11.2 Å². The summed E-state index contributed by atoms with van der Waals surface area (Å²) in [5.74, 6) is 1.35. The number of hydrogen-bond acceptors (Lipinski definition) is 8. The normalized spacial score (nSPS) is 14.9. The number of fused-ring (bicyclic) bond motifs is 1. The molecule has 0 aliphatic carbocycles. The lowest BCUT2D eigenvalue weighted by atomic mass is 10.2. The van der Waals surface area contributed by atoms with Crippen LogP contribution in [0.2, 0.25) is 0 Å². The van der Waals surface area contributed by atoms with E-state index in [2.05, 4.69) is 30.2 Å². The van der Waals surface area contributed by atoms with Crippen LogP contribution in [0.15, 0.2) is 29.0 Å². The number of carbonyl (C=O) groups excluding carboxylic acids is 1. The molecule has 152 valence electrons. The number of carbonyl (C=O) groups is 1. The summed E-state index contributed by atoms with van der Waals surface area (Å²) in [6, 6.07) is 4.65. The molecule has 1 amide bonds. The number of aryl methyl sites for hydroxylation is 1. The van der Waals surface area contributed by atoms with Crippen molar-refractivity contribution in [3.05, 3.63) is 36.1 Å². The van der Waals surface area contributed by atoms with Gasteiger partial charge in [0.25, 0.3) is 0 Å². The highest BCUT2D eigenvalue weighted by Crippen LogP contribution is 2.29. The van der Waals surface area contributed by atoms with Crippen LogP contribution in [-0.4, -0.2) is 65.8 Å². The van der Waals surface area contributed by atoms with Crippen molar-refractivity contribution >= 4 is 28.4 Å². The number of methoxy groups -OCH3 is 1. The number of piperazine rings is 1. The maximum absolute atomic E-state index is 14.0. The van der Waals surface area contributed by atoms with Gasteiger partial charge < -0.3 is 19.5 Å². The molecule has 29 heavy (non-hydrogen) atoms. The average molecular weight is 400 g/mol. The largest absolute Gasteiger partial charge is 0.494 e. The van der Waals surface area contributed by atoms with Crippen LogP contribution < -0.4 is 15.0 Å². The number of amides is 1. The molecule has 2 aromatic heterocycles. The minimum absolute atomic E-state index is 0.139. The van der Waals surface area contributed by atoms with E-state index in [1.54, 1.807) is 19.1 Å². The van der Waals surface area contributed by atoms with Crippen LogP contribution in [0.4, 0.5) is 16.0 Å². The van der Waals surface area contributed by atoms with E-state index in [9.17, 15) is 9.18 Å². The summed E-state index contributed by atoms with van der Waals surface area (Å²) < 4.78 is 24.0. The van der Waals surface area contributed by atoms with Crippen molar-refractivity contribution in [1.82, 2.24) is 20.0 Å². The Hall–Kier alpha value is -3.27. The monoisotopic (exact) mass is 400 g/mol. The molecule has 1 fully saturated rings. The van der Waals surface area contributed by atoms with Crippen LogP contribution in [0.1, 0.15) is 5.76 Å². The molecule has 0 radical (unpaired) electrons. The van der Waals surface area contributed by atoms with Crippen molar-refractivity contribution in [2.75, 3.05) is 50.1 Å². The van der Waals surface area contributed by atoms with Gasteiger partial charge in [-0.1, -0.05) is 5.16 Å². The van der Waals surface area contributed by atoms with E-state index in [0.29, 0.717) is 43.3 Å². The molecule has 1 aliphatic rings. The number of benzene rings is 1. The fourth-order valence-corrected chi connectivity index (χ4v) is 3.38. The third-order valence-electron chi connectivity index (χ3n) is 4.82. The van der Waals surface area contributed by atoms with Gasteiger partial charge in [0, 0.05) is 43.7 Å². The molecule has 1 aliphatic heterocycles. The quantitative estimate of drug-likeness (QED) is 0.693. The van der Waals surface area contributed by atoms with E-state index in [-0.39, 0.29) is 18.2 Å². The zero-order chi connectivity index (χ0) is 20.4. The first kappa shape index (κ1) is 19.1. The highest BCUT2D eigenvalue weighted by Gasteiger charge is 2.22. The predicted octanol–water partition coefficient (Wildman–Crippen LogP) is 1.83. The second-order valence-corrected chi connectivity index (χ2v) is 6.84. The molecule has 10 heteroatoms. The minimum Gasteiger partial charge on any atom is -0.494 e. The number of nitrogens with zero attached hydrogens (tertiary/aromatic N) is 5. The topological polar surface area (TPSA) is 96.6 Å². The van der Waals surface area contributed by atoms with Gasteiger partial charge in [0.1, 0.15) is 17.9 Å². The molecule has 0 saturated carbocycles. The molecule has 3 aromatic rings. The predicted molar refractivity (Wildman–Crippen MR) is 105 cm³/mol. The molecular weight excluding hydrogens is 379 g/mol. The van der Waals surface area contributed by atoms with Crippen molar-refractivity contribution < 1.29 is 18.4 Å². The minimum atomic E-state index is -0.456. The number of rotatable bonds is 5. The molecule has 3 heterocycles. The highest BCUT2D eigenvalue weighted by atomic mass is 19.1. The Labute approximate surface area is 166 Å². The summed E-state index contributed by atoms with van der Waals surface area (Å²) in [6.45, 7) is 4.78. The molecule has 1 aromatic carbocycles. The highest BCUT2D eigenvalue weighted by molar-refractivity contribution is 5.92. The van der Waals surface area contributed by atoms with Crippen molar-refractivity contribution in [2.24, 2.45) is 0 Å². The second kappa shape index (κ2) is 8.00. The smallest absolute Gasteiger partial charge is 0.239 e. The lowest BCUT2D eigenvalue weighted by Crippen LogP contribution is -2.49. The van der Waals surface area contributed by atoms with Crippen molar-refractivity contribution in [3.8, 4) is 5.75 Å². The Morgan fingerprint density at radius 3 is 2.72 bits per heavy atom. The molecule has 0 atom stereocenters. The number of halogens is 1. The van der Waals surface area contributed by atoms with Gasteiger partial charge in [-0.25, -0.2) is 14.4 Å². The number of hydrogen-bond donors (Lipinski definition) is 1. The van der Waals surface area contributed by atoms with Crippen LogP contribution >= 0.6 is 0 Å². The summed E-state index contributed by atoms with van der Waals surface area (Å²) in [5, 5.41) is 7.23. The van der Waals surface area contributed by atoms with E-state index >= 15 is 0 Å². The Bertz CT molecular complexity index is 1030. The molecule has 1 N–H and O–H groups in total. The molecule has 0 unspecified atom stereocenters. The third-order valence-corrected chi connectivity index (χ3v) is 4.82. The van der Waals surface area contributed by atoms with Gasteiger partial charge in [0.15, 0.2) is 17.4 Å². The maximum atomic E-state index is 14.0. The lowest BCUT2D eigenvalue weighted by Gasteiger charge is -2.35. The Morgan fingerprint density at radius 1 is 1.24 bits per heavy atom. The van der Waals surface area contributed by atoms with E-state index in [4.69, 9.17) is 9.26 Å². The van der Waals surface area contributed by atoms with Crippen molar-refractivity contribution in [2.45, 2.75) is 6.92 Å². The second-order valence-electron chi connectivity index (χ2n) is 6.84. The van der Waals surface area contributed by atoms with Gasteiger partial charge in [0.2, 0.25) is 5.91 Å². The molecule has 1 saturated heterocycles. The lowest BCUT2D eigenvalue weighted by molar-refractivity contribution is -0.117. The van der Waals surface area contributed by atoms with E-state index in [1.807, 2.05) is 0 Å². The Balaban J connectivity index is 1.41. The van der Waals surface area contributed by atoms with E-state index in [1.165, 1.54) is 19.5 Å². The van der Waals surface area contributed by atoms with Crippen LogP contribution in [0, 0.1) is 12.7 Å². The first-order valence-electron chi connectivity index (χ1n) is 9.22. The number of anilines is 2. The van der Waals surface area contributed by atoms with Gasteiger partial charge >= 0.3 is 0 Å². The molecular formula is C19H21FN6O3. The molecule has 0 bridgehead atoms. The first-order valence-corrected chi connectivity index (χ1v) is 9.22. The standard InChI is InChI=1S/C19H21FN6O3/c1-12-7-17(24-29-12)23-18(27)10-25-3-5-26(6-4-25)19-13-8-16(28-2)14(20)9-15(13)21-11-22-19/h7-9,11H,3-6,10H2,1-2H3,(H,23,24,27). The summed E-state index contributed by atoms with van der Waals surface area (Å²) in [5.41, 5.74) is 0.526. The Kier molecular flexibility index (Phi) is 5.26. The van der Waals surface area contributed by atoms with Crippen LogP contribution in [0.5, 0.6) is 5.75 Å². The molecule has 9 nitrogen and oxygen atoms in total. The van der Waals surface area contributed by atoms with E-state index < -0.39 is 5.82 Å². The van der Waals surface area contributed by atoms with Crippen molar-refractivity contribution in [3.63, 3.8) is 0 Å². The van der Waals surface area contributed by atoms with Gasteiger partial charge in [-0.3, -0.25) is 9.69 Å². The summed E-state index contributed by atoms with van der Waals surface area (Å²) in [6.07, 6.45) is 1.43. The average Bonchev–Trinajstić information content (AvgIpc) is 3.12. The van der Waals surface area contributed by atoms with Gasteiger partial charge in [-0.15, -0.1) is 0 Å². The zero-order valence-corrected chi connectivity index (χ0v) is 16.2. The van der Waals surface area contributed by atoms with Gasteiger partial charge in [0.05, 0.1) is 19.2 Å². The number of ether oxygens (including phenoxy) is 1. The third kappa shape index (κ3) is 4.11. The van der Waals surface area contributed by atoms with Crippen LogP contribution in [0.25, 0.3) is 10.9 Å². The fraction of sp³-hybridized carbons (Fsp3) is 0.368. The molecule has 0 spiro atoms. The van der Waals surface area contributed by atoms with Crippen LogP contribution in [0.3, 0.4) is 0 Å². The number of nitrogens with one attached hydrogen (secondary N) is 1. The summed E-state index contributed by atoms with van der Waals surface area (Å²) in [4.78, 5) is 24.9. The maximum Gasteiger partial charge on any atom is 0.239 e. The SMILES string of the molecule is COc1cc2c(N3CCN(CC(=O)Nc4cc(C)on4)CC3)ncnc2cc1F. The fourth-order valence-electron chi connectivity index (χ4n) is 3.38. The van der Waals surface area contributed by atoms with Gasteiger partial charge in [-0.2, -0.15) is 0 Å².